The largest absolute Gasteiger partial charge is 0.506 e. The van der Waals surface area contributed by atoms with Crippen LogP contribution in [0.25, 0.3) is 10.9 Å². The smallest absolute Gasteiger partial charge is 0.298 e. The van der Waals surface area contributed by atoms with Crippen molar-refractivity contribution in [2.24, 2.45) is 0 Å². The fourth-order valence-electron chi connectivity index (χ4n) is 1.33. The van der Waals surface area contributed by atoms with E-state index in [1.807, 2.05) is 0 Å². The van der Waals surface area contributed by atoms with Gasteiger partial charge in [-0.15, -0.1) is 0 Å². The lowest BCUT2D eigenvalue weighted by Crippen LogP contribution is -1.98. The van der Waals surface area contributed by atoms with Gasteiger partial charge in [-0.1, -0.05) is 0 Å². The zero-order chi connectivity index (χ0) is 11.1. The Morgan fingerprint density at radius 2 is 1.93 bits per heavy atom. The third-order valence-electron chi connectivity index (χ3n) is 2.00. The molecule has 0 aliphatic heterocycles. The molecule has 1 aromatic carbocycles. The molecule has 0 spiro atoms. The van der Waals surface area contributed by atoms with Gasteiger partial charge < -0.3 is 5.11 Å². The Morgan fingerprint density at radius 3 is 2.60 bits per heavy atom. The zero-order valence-electron chi connectivity index (χ0n) is 7.45. The van der Waals surface area contributed by atoms with Crippen LogP contribution in [0.4, 0.5) is 0 Å². The van der Waals surface area contributed by atoms with E-state index in [9.17, 15) is 13.5 Å². The number of benzene rings is 1. The summed E-state index contributed by atoms with van der Waals surface area (Å²) in [7, 11) is -4.40. The molecule has 0 radical (unpaired) electrons. The number of fused-ring (bicyclic) bond motifs is 1. The molecule has 2 aromatic rings. The number of phenols is 1. The number of aromatic hydroxyl groups is 1. The van der Waals surface area contributed by atoms with Crippen LogP contribution in [0.5, 0.6) is 5.75 Å². The molecule has 0 saturated heterocycles. The van der Waals surface area contributed by atoms with Gasteiger partial charge in [-0.25, -0.2) is 0 Å². The zero-order valence-corrected chi connectivity index (χ0v) is 8.27. The van der Waals surface area contributed by atoms with E-state index in [-0.39, 0.29) is 5.39 Å². The minimum atomic E-state index is -4.40. The van der Waals surface area contributed by atoms with Gasteiger partial charge in [-0.2, -0.15) is 8.42 Å². The highest BCUT2D eigenvalue weighted by Gasteiger charge is 2.17. The standard InChI is InChI=1S/C9H7NO4S/c11-9-6-2-1-5-10-7(6)3-4-8(9)15(12,13)14/h1-5,11H,(H,12,13,14). The normalized spacial score (nSPS) is 11.8. The van der Waals surface area contributed by atoms with Gasteiger partial charge in [0.2, 0.25) is 0 Å². The van der Waals surface area contributed by atoms with E-state index in [2.05, 4.69) is 4.98 Å². The number of phenolic OH excluding ortho intramolecular Hbond substituents is 1. The highest BCUT2D eigenvalue weighted by molar-refractivity contribution is 7.86. The number of aromatic nitrogens is 1. The number of pyridine rings is 1. The average Bonchev–Trinajstić information content (AvgIpc) is 2.16. The Balaban J connectivity index is 2.88. The van der Waals surface area contributed by atoms with Crippen LogP contribution in [0.1, 0.15) is 0 Å². The number of nitrogens with zero attached hydrogens (tertiary/aromatic N) is 1. The van der Waals surface area contributed by atoms with E-state index >= 15 is 0 Å². The highest BCUT2D eigenvalue weighted by atomic mass is 32.2. The van der Waals surface area contributed by atoms with E-state index in [0.29, 0.717) is 5.52 Å². The van der Waals surface area contributed by atoms with Crippen molar-refractivity contribution in [3.63, 3.8) is 0 Å². The van der Waals surface area contributed by atoms with Crippen molar-refractivity contribution in [3.05, 3.63) is 30.5 Å². The number of hydrogen-bond donors (Lipinski definition) is 2. The van der Waals surface area contributed by atoms with Crippen LogP contribution in [-0.4, -0.2) is 23.1 Å². The molecule has 2 N–H and O–H groups in total. The molecule has 0 saturated carbocycles. The minimum Gasteiger partial charge on any atom is -0.506 e. The first-order valence-corrected chi connectivity index (χ1v) is 5.48. The third kappa shape index (κ3) is 1.64. The molecule has 0 aliphatic carbocycles. The molecule has 6 heteroatoms. The monoisotopic (exact) mass is 225 g/mol. The van der Waals surface area contributed by atoms with Crippen molar-refractivity contribution >= 4 is 21.0 Å². The van der Waals surface area contributed by atoms with E-state index in [1.165, 1.54) is 18.3 Å². The van der Waals surface area contributed by atoms with Gasteiger partial charge >= 0.3 is 0 Å². The first kappa shape index (κ1) is 9.88. The molecule has 0 fully saturated rings. The highest BCUT2D eigenvalue weighted by Crippen LogP contribution is 2.30. The summed E-state index contributed by atoms with van der Waals surface area (Å²) < 4.78 is 30.6. The fourth-order valence-corrected chi connectivity index (χ4v) is 1.92. The van der Waals surface area contributed by atoms with Crippen molar-refractivity contribution in [3.8, 4) is 5.75 Å². The summed E-state index contributed by atoms with van der Waals surface area (Å²) in [5.74, 6) is -0.483. The second-order valence-electron chi connectivity index (χ2n) is 2.96. The SMILES string of the molecule is O=S(=O)(O)c1ccc2ncccc2c1O. The van der Waals surface area contributed by atoms with Crippen LogP contribution in [0.15, 0.2) is 35.4 Å². The van der Waals surface area contributed by atoms with Crippen molar-refractivity contribution in [2.75, 3.05) is 0 Å². The molecule has 2 rings (SSSR count). The molecule has 0 atom stereocenters. The summed E-state index contributed by atoms with van der Waals surface area (Å²) in [6.45, 7) is 0. The molecule has 0 aliphatic rings. The van der Waals surface area contributed by atoms with Crippen LogP contribution in [0.2, 0.25) is 0 Å². The summed E-state index contributed by atoms with van der Waals surface area (Å²) in [5.41, 5.74) is 0.461. The maximum atomic E-state index is 10.9. The number of hydrogen-bond acceptors (Lipinski definition) is 4. The van der Waals surface area contributed by atoms with Crippen molar-refractivity contribution in [1.29, 1.82) is 0 Å². The lowest BCUT2D eigenvalue weighted by molar-refractivity contribution is 0.448. The second kappa shape index (κ2) is 3.18. The van der Waals surface area contributed by atoms with Gasteiger partial charge in [0.15, 0.2) is 0 Å². The summed E-state index contributed by atoms with van der Waals surface area (Å²) >= 11 is 0. The quantitative estimate of drug-likeness (QED) is 0.712. The fraction of sp³-hybridized carbons (Fsp3) is 0. The summed E-state index contributed by atoms with van der Waals surface area (Å²) in [6.07, 6.45) is 1.52. The van der Waals surface area contributed by atoms with Crippen molar-refractivity contribution in [1.82, 2.24) is 4.98 Å². The van der Waals surface area contributed by atoms with Crippen LogP contribution in [0, 0.1) is 0 Å². The maximum Gasteiger partial charge on any atom is 0.298 e. The van der Waals surface area contributed by atoms with Crippen LogP contribution in [0.3, 0.4) is 0 Å². The molecule has 1 heterocycles. The summed E-state index contributed by atoms with van der Waals surface area (Å²) in [4.78, 5) is 3.42. The Morgan fingerprint density at radius 1 is 1.20 bits per heavy atom. The summed E-state index contributed by atoms with van der Waals surface area (Å²) in [5, 5.41) is 9.89. The van der Waals surface area contributed by atoms with E-state index in [0.717, 1.165) is 6.07 Å². The topological polar surface area (TPSA) is 87.5 Å². The van der Waals surface area contributed by atoms with E-state index in [4.69, 9.17) is 4.55 Å². The Kier molecular flexibility index (Phi) is 2.09. The second-order valence-corrected chi connectivity index (χ2v) is 4.35. The Labute approximate surface area is 85.8 Å². The van der Waals surface area contributed by atoms with Crippen LogP contribution < -0.4 is 0 Å². The molecule has 0 bridgehead atoms. The first-order chi connectivity index (χ1) is 7.00. The molecule has 1 aromatic heterocycles. The van der Waals surface area contributed by atoms with Crippen LogP contribution >= 0.6 is 0 Å². The maximum absolute atomic E-state index is 10.9. The van der Waals surface area contributed by atoms with Gasteiger partial charge in [0, 0.05) is 11.6 Å². The molecule has 5 nitrogen and oxygen atoms in total. The number of rotatable bonds is 1. The van der Waals surface area contributed by atoms with Crippen LogP contribution in [-0.2, 0) is 10.1 Å². The third-order valence-corrected chi connectivity index (χ3v) is 2.88. The van der Waals surface area contributed by atoms with E-state index < -0.39 is 20.8 Å². The first-order valence-electron chi connectivity index (χ1n) is 4.04. The molecule has 0 amide bonds. The lowest BCUT2D eigenvalue weighted by atomic mass is 10.2. The molecular formula is C9H7NO4S. The Hall–Kier alpha value is -1.66. The average molecular weight is 225 g/mol. The van der Waals surface area contributed by atoms with Gasteiger partial charge in [-0.05, 0) is 24.3 Å². The van der Waals surface area contributed by atoms with Gasteiger partial charge in [0.05, 0.1) is 5.52 Å². The van der Waals surface area contributed by atoms with Crippen molar-refractivity contribution < 1.29 is 18.1 Å². The van der Waals surface area contributed by atoms with E-state index in [1.54, 1.807) is 6.07 Å². The van der Waals surface area contributed by atoms with Gasteiger partial charge in [-0.3, -0.25) is 9.54 Å². The lowest BCUT2D eigenvalue weighted by Gasteiger charge is -2.03. The molecular weight excluding hydrogens is 218 g/mol. The van der Waals surface area contributed by atoms with Crippen molar-refractivity contribution in [2.45, 2.75) is 4.90 Å². The molecule has 78 valence electrons. The molecule has 0 unspecified atom stereocenters. The van der Waals surface area contributed by atoms with Gasteiger partial charge in [0.1, 0.15) is 10.6 Å². The minimum absolute atomic E-state index is 0.285. The summed E-state index contributed by atoms with van der Waals surface area (Å²) in [6, 6.07) is 5.61. The predicted molar refractivity (Wildman–Crippen MR) is 53.2 cm³/mol. The predicted octanol–water partition coefficient (Wildman–Crippen LogP) is 1.19. The Bertz CT molecular complexity index is 621. The molecule has 15 heavy (non-hydrogen) atoms. The van der Waals surface area contributed by atoms with Gasteiger partial charge in [0.25, 0.3) is 10.1 Å².